The van der Waals surface area contributed by atoms with Crippen molar-refractivity contribution in [2.24, 2.45) is 0 Å². The van der Waals surface area contributed by atoms with Gasteiger partial charge in [-0.2, -0.15) is 0 Å². The molecule has 0 saturated carbocycles. The largest absolute Gasteiger partial charge is 0.366 e. The molecule has 7 heteroatoms. The zero-order valence-corrected chi connectivity index (χ0v) is 19.3. The summed E-state index contributed by atoms with van der Waals surface area (Å²) in [5, 5.41) is 11.5. The third kappa shape index (κ3) is 5.78. The number of thioether (sulfide) groups is 1. The summed E-state index contributed by atoms with van der Waals surface area (Å²) in [4.78, 5) is 12.9. The second-order valence-corrected chi connectivity index (χ2v) is 8.63. The number of aromatic nitrogens is 1. The van der Waals surface area contributed by atoms with E-state index < -0.39 is 10.9 Å². The van der Waals surface area contributed by atoms with E-state index in [2.05, 4.69) is 44.2 Å². The van der Waals surface area contributed by atoms with Gasteiger partial charge in [0.15, 0.2) is 5.37 Å². The van der Waals surface area contributed by atoms with E-state index in [4.69, 9.17) is 10.9 Å². The fourth-order valence-corrected chi connectivity index (χ4v) is 3.83. The number of anilines is 1. The van der Waals surface area contributed by atoms with Crippen LogP contribution in [-0.2, 0) is 10.3 Å². The lowest BCUT2D eigenvalue weighted by atomic mass is 10.0. The van der Waals surface area contributed by atoms with Crippen molar-refractivity contribution >= 4 is 51.9 Å². The Hall–Kier alpha value is -2.43. The van der Waals surface area contributed by atoms with Crippen LogP contribution in [0.1, 0.15) is 26.5 Å². The summed E-state index contributed by atoms with van der Waals surface area (Å²) >= 11 is 4.79. The summed E-state index contributed by atoms with van der Waals surface area (Å²) in [6.07, 6.45) is 12.6. The number of nitrogens with one attached hydrogen (secondary N) is 2. The molecule has 0 spiro atoms. The summed E-state index contributed by atoms with van der Waals surface area (Å²) < 4.78 is 5.68. The van der Waals surface area contributed by atoms with Gasteiger partial charge in [0, 0.05) is 11.3 Å². The summed E-state index contributed by atoms with van der Waals surface area (Å²) in [5.74, 6) is 2.47. The molecule has 0 fully saturated rings. The Morgan fingerprint density at radius 2 is 2.21 bits per heavy atom. The lowest BCUT2D eigenvalue weighted by Gasteiger charge is -2.27. The van der Waals surface area contributed by atoms with Crippen molar-refractivity contribution in [2.45, 2.75) is 31.7 Å². The normalized spacial score (nSPS) is 13.7. The first-order valence-electron chi connectivity index (χ1n) is 8.87. The molecule has 0 aliphatic carbocycles. The number of allylic oxidation sites excluding steroid dienone is 2. The molecular formula is C22H24BrN3O2S. The molecule has 0 radical (unpaired) electrons. The van der Waals surface area contributed by atoms with Gasteiger partial charge in [-0.05, 0) is 71.6 Å². The van der Waals surface area contributed by atoms with Gasteiger partial charge in [-0.3, -0.25) is 4.79 Å². The molecule has 0 aliphatic rings. The van der Waals surface area contributed by atoms with E-state index in [0.717, 1.165) is 21.7 Å². The summed E-state index contributed by atoms with van der Waals surface area (Å²) in [5.41, 5.74) is 1.48. The molecule has 2 aromatic rings. The Kier molecular flexibility index (Phi) is 7.77. The number of benzene rings is 1. The van der Waals surface area contributed by atoms with Crippen molar-refractivity contribution in [1.29, 1.82) is 0 Å². The highest BCUT2D eigenvalue weighted by atomic mass is 79.9. The molecule has 152 valence electrons. The van der Waals surface area contributed by atoms with Gasteiger partial charge >= 0.3 is 0 Å². The van der Waals surface area contributed by atoms with Crippen LogP contribution in [-0.4, -0.2) is 22.7 Å². The van der Waals surface area contributed by atoms with Crippen molar-refractivity contribution in [3.8, 4) is 12.3 Å². The second-order valence-electron chi connectivity index (χ2n) is 6.83. The van der Waals surface area contributed by atoms with E-state index >= 15 is 0 Å². The maximum absolute atomic E-state index is 12.9. The van der Waals surface area contributed by atoms with Crippen LogP contribution in [0.15, 0.2) is 45.1 Å². The van der Waals surface area contributed by atoms with Gasteiger partial charge in [-0.25, -0.2) is 0 Å². The SMILES string of the molecule is C#CC(/C=c1/cc(NC(SC)C(=O)NC(C)(C)c2nocc2Br)ccc1=C)=C/C. The molecule has 1 atom stereocenters. The van der Waals surface area contributed by atoms with E-state index in [1.54, 1.807) is 0 Å². The Balaban J connectivity index is 2.24. The van der Waals surface area contributed by atoms with Crippen LogP contribution < -0.4 is 21.1 Å². The maximum Gasteiger partial charge on any atom is 0.253 e. The molecular weight excluding hydrogens is 450 g/mol. The van der Waals surface area contributed by atoms with Crippen molar-refractivity contribution < 1.29 is 9.32 Å². The standard InChI is InChI=1S/C22H24BrN3O2S/c1-7-15(8-2)11-16-12-17(10-9-14(16)3)24-21(29-6)20(27)25-22(4,5)19-18(23)13-28-26-19/h1,8-13,21,24H,3H2,2,4-6H3,(H,25,27)/b15-8-,16-11-. The van der Waals surface area contributed by atoms with Crippen LogP contribution in [0.25, 0.3) is 12.7 Å². The topological polar surface area (TPSA) is 67.2 Å². The number of rotatable bonds is 7. The highest BCUT2D eigenvalue weighted by Crippen LogP contribution is 2.27. The van der Waals surface area contributed by atoms with Gasteiger partial charge in [-0.15, -0.1) is 18.2 Å². The Morgan fingerprint density at radius 1 is 1.48 bits per heavy atom. The van der Waals surface area contributed by atoms with Crippen molar-refractivity contribution in [3.05, 3.63) is 56.7 Å². The molecule has 1 heterocycles. The minimum atomic E-state index is -0.706. The smallest absolute Gasteiger partial charge is 0.253 e. The predicted octanol–water partition coefficient (Wildman–Crippen LogP) is 3.36. The first kappa shape index (κ1) is 22.9. The van der Waals surface area contributed by atoms with Crippen LogP contribution in [0, 0.1) is 12.3 Å². The quantitative estimate of drug-likeness (QED) is 0.476. The van der Waals surface area contributed by atoms with Crippen molar-refractivity contribution in [3.63, 3.8) is 0 Å². The fraction of sp³-hybridized carbons (Fsp3) is 0.273. The minimum Gasteiger partial charge on any atom is -0.366 e. The summed E-state index contributed by atoms with van der Waals surface area (Å²) in [6.45, 7) is 9.67. The van der Waals surface area contributed by atoms with Crippen LogP contribution in [0.2, 0.25) is 0 Å². The molecule has 1 unspecified atom stereocenters. The highest BCUT2D eigenvalue weighted by Gasteiger charge is 2.31. The number of hydrogen-bond donors (Lipinski definition) is 2. The number of terminal acetylenes is 1. The lowest BCUT2D eigenvalue weighted by molar-refractivity contribution is -0.121. The minimum absolute atomic E-state index is 0.167. The van der Waals surface area contributed by atoms with Gasteiger partial charge in [0.25, 0.3) is 5.91 Å². The summed E-state index contributed by atoms with van der Waals surface area (Å²) in [6, 6.07) is 5.71. The number of amides is 1. The molecule has 5 nitrogen and oxygen atoms in total. The molecule has 0 bridgehead atoms. The zero-order valence-electron chi connectivity index (χ0n) is 16.9. The highest BCUT2D eigenvalue weighted by molar-refractivity contribution is 9.10. The Morgan fingerprint density at radius 3 is 2.76 bits per heavy atom. The number of nitrogens with zero attached hydrogens (tertiary/aromatic N) is 1. The molecule has 1 amide bonds. The third-order valence-electron chi connectivity index (χ3n) is 4.26. The second kappa shape index (κ2) is 9.86. The average Bonchev–Trinajstić information content (AvgIpc) is 3.12. The Labute approximate surface area is 183 Å². The van der Waals surface area contributed by atoms with E-state index in [1.165, 1.54) is 18.0 Å². The van der Waals surface area contributed by atoms with Gasteiger partial charge in [0.05, 0.1) is 10.0 Å². The monoisotopic (exact) mass is 473 g/mol. The molecule has 0 aliphatic heterocycles. The number of carbonyl (C=O) groups excluding carboxylic acids is 1. The number of hydrogen-bond acceptors (Lipinski definition) is 5. The first-order valence-corrected chi connectivity index (χ1v) is 10.9. The van der Waals surface area contributed by atoms with Gasteiger partial charge in [0.2, 0.25) is 0 Å². The van der Waals surface area contributed by atoms with Gasteiger partial charge in [-0.1, -0.05) is 29.8 Å². The van der Waals surface area contributed by atoms with Crippen LogP contribution >= 0.6 is 27.7 Å². The molecule has 2 rings (SSSR count). The predicted molar refractivity (Wildman–Crippen MR) is 125 cm³/mol. The molecule has 2 N–H and O–H groups in total. The maximum atomic E-state index is 12.9. The van der Waals surface area contributed by atoms with Crippen molar-refractivity contribution in [2.75, 3.05) is 11.6 Å². The van der Waals surface area contributed by atoms with Gasteiger partial charge < -0.3 is 15.2 Å². The van der Waals surface area contributed by atoms with Crippen LogP contribution in [0.3, 0.4) is 0 Å². The molecule has 29 heavy (non-hydrogen) atoms. The van der Waals surface area contributed by atoms with E-state index in [-0.39, 0.29) is 5.91 Å². The van der Waals surface area contributed by atoms with E-state index in [9.17, 15) is 4.79 Å². The van der Waals surface area contributed by atoms with E-state index in [1.807, 2.05) is 57.4 Å². The Bertz CT molecular complexity index is 1070. The molecule has 0 saturated heterocycles. The van der Waals surface area contributed by atoms with Crippen LogP contribution in [0.5, 0.6) is 0 Å². The fourth-order valence-electron chi connectivity index (χ4n) is 2.65. The molecule has 1 aromatic heterocycles. The number of halogens is 1. The number of carbonyl (C=O) groups is 1. The van der Waals surface area contributed by atoms with Crippen molar-refractivity contribution in [1.82, 2.24) is 10.5 Å². The third-order valence-corrected chi connectivity index (χ3v) is 5.63. The van der Waals surface area contributed by atoms with Crippen LogP contribution in [0.4, 0.5) is 5.69 Å². The van der Waals surface area contributed by atoms with Gasteiger partial charge in [0.1, 0.15) is 12.0 Å². The first-order chi connectivity index (χ1) is 13.7. The average molecular weight is 474 g/mol. The summed E-state index contributed by atoms with van der Waals surface area (Å²) in [7, 11) is 0. The zero-order chi connectivity index (χ0) is 21.6. The molecule has 1 aromatic carbocycles. The lowest BCUT2D eigenvalue weighted by Crippen LogP contribution is -2.47. The van der Waals surface area contributed by atoms with E-state index in [0.29, 0.717) is 10.2 Å².